The van der Waals surface area contributed by atoms with Crippen LogP contribution in [0.1, 0.15) is 32.6 Å². The molecule has 0 saturated carbocycles. The number of aliphatic hydroxyl groups excluding tert-OH is 1. The summed E-state index contributed by atoms with van der Waals surface area (Å²) < 4.78 is 4.90. The van der Waals surface area contributed by atoms with Crippen LogP contribution in [0, 0.1) is 0 Å². The van der Waals surface area contributed by atoms with Crippen molar-refractivity contribution in [2.24, 2.45) is 0 Å². The van der Waals surface area contributed by atoms with E-state index in [0.29, 0.717) is 12.6 Å². The van der Waals surface area contributed by atoms with E-state index < -0.39 is 5.60 Å². The quantitative estimate of drug-likeness (QED) is 0.710. The number of aliphatic hydroxyl groups is 1. The van der Waals surface area contributed by atoms with Crippen molar-refractivity contribution in [1.29, 1.82) is 0 Å². The van der Waals surface area contributed by atoms with E-state index in [-0.39, 0.29) is 19.0 Å². The number of hydroxylamine groups is 2. The van der Waals surface area contributed by atoms with Crippen LogP contribution in [0.15, 0.2) is 0 Å². The fraction of sp³-hybridized carbons (Fsp3) is 0.909. The maximum Gasteiger partial charge on any atom is 0.308 e. The Morgan fingerprint density at radius 2 is 2.50 bits per heavy atom. The van der Waals surface area contributed by atoms with Crippen LogP contribution in [0.3, 0.4) is 0 Å². The van der Waals surface area contributed by atoms with Gasteiger partial charge >= 0.3 is 5.97 Å². The largest absolute Gasteiger partial charge is 0.466 e. The predicted octanol–water partition coefficient (Wildman–Crippen LogP) is 0.470. The Morgan fingerprint density at radius 3 is 3.12 bits per heavy atom. The standard InChI is InChI=1S/C11H19NO4/c1-2-15-10(14)7-11(8-13)6-9-4-3-5-12(9)16-11/h9,13H,2-8H2,1H3/t9-,11+/m1/s1. The molecule has 2 atom stereocenters. The molecule has 0 amide bonds. The molecule has 0 aromatic rings. The number of carbonyl (C=O) groups is 1. The topological polar surface area (TPSA) is 59.0 Å². The molecule has 0 aromatic heterocycles. The number of rotatable bonds is 4. The first-order valence-electron chi connectivity index (χ1n) is 5.91. The second-order valence-corrected chi connectivity index (χ2v) is 4.56. The predicted molar refractivity (Wildman–Crippen MR) is 56.5 cm³/mol. The highest BCUT2D eigenvalue weighted by molar-refractivity contribution is 5.70. The van der Waals surface area contributed by atoms with Gasteiger partial charge in [-0.25, -0.2) is 0 Å². The highest BCUT2D eigenvalue weighted by Crippen LogP contribution is 2.38. The first kappa shape index (κ1) is 11.8. The zero-order valence-electron chi connectivity index (χ0n) is 9.65. The van der Waals surface area contributed by atoms with Crippen molar-refractivity contribution in [3.05, 3.63) is 0 Å². The summed E-state index contributed by atoms with van der Waals surface area (Å²) in [5.41, 5.74) is -0.739. The van der Waals surface area contributed by atoms with Crippen LogP contribution in [0.25, 0.3) is 0 Å². The number of nitrogens with zero attached hydrogens (tertiary/aromatic N) is 1. The smallest absolute Gasteiger partial charge is 0.308 e. The van der Waals surface area contributed by atoms with Crippen LogP contribution in [-0.4, -0.2) is 47.5 Å². The van der Waals surface area contributed by atoms with Crippen molar-refractivity contribution in [3.8, 4) is 0 Å². The molecule has 2 aliphatic rings. The van der Waals surface area contributed by atoms with Gasteiger partial charge in [0, 0.05) is 12.6 Å². The molecule has 2 heterocycles. The van der Waals surface area contributed by atoms with E-state index in [0.717, 1.165) is 25.8 Å². The van der Waals surface area contributed by atoms with Gasteiger partial charge in [0.1, 0.15) is 5.60 Å². The molecule has 2 saturated heterocycles. The summed E-state index contributed by atoms with van der Waals surface area (Å²) in [6.07, 6.45) is 3.09. The van der Waals surface area contributed by atoms with Gasteiger partial charge in [-0.15, -0.1) is 0 Å². The first-order valence-corrected chi connectivity index (χ1v) is 5.91. The SMILES string of the molecule is CCOC(=O)C[C@]1(CO)C[C@H]2CCCN2O1. The Kier molecular flexibility index (Phi) is 3.47. The first-order chi connectivity index (χ1) is 7.69. The summed E-state index contributed by atoms with van der Waals surface area (Å²) in [4.78, 5) is 17.2. The van der Waals surface area contributed by atoms with Crippen molar-refractivity contribution >= 4 is 5.97 Å². The van der Waals surface area contributed by atoms with Crippen molar-refractivity contribution in [1.82, 2.24) is 5.06 Å². The molecule has 2 fully saturated rings. The van der Waals surface area contributed by atoms with Gasteiger partial charge < -0.3 is 9.84 Å². The lowest BCUT2D eigenvalue weighted by molar-refractivity contribution is -0.212. The lowest BCUT2D eigenvalue weighted by atomic mass is 9.93. The minimum atomic E-state index is -0.739. The maximum absolute atomic E-state index is 11.5. The van der Waals surface area contributed by atoms with Crippen LogP contribution in [0.2, 0.25) is 0 Å². The van der Waals surface area contributed by atoms with E-state index in [9.17, 15) is 9.90 Å². The molecule has 0 aliphatic carbocycles. The zero-order valence-corrected chi connectivity index (χ0v) is 9.65. The molecule has 0 spiro atoms. The van der Waals surface area contributed by atoms with Gasteiger partial charge in [0.15, 0.2) is 0 Å². The van der Waals surface area contributed by atoms with Gasteiger partial charge in [0.2, 0.25) is 0 Å². The molecule has 16 heavy (non-hydrogen) atoms. The number of ether oxygens (including phenoxy) is 1. The molecule has 92 valence electrons. The Bertz CT molecular complexity index is 257. The molecular weight excluding hydrogens is 210 g/mol. The van der Waals surface area contributed by atoms with Crippen LogP contribution in [0.5, 0.6) is 0 Å². The van der Waals surface area contributed by atoms with Crippen molar-refractivity contribution in [3.63, 3.8) is 0 Å². The average Bonchev–Trinajstić information content (AvgIpc) is 2.76. The van der Waals surface area contributed by atoms with Crippen molar-refractivity contribution in [2.75, 3.05) is 19.8 Å². The minimum absolute atomic E-state index is 0.126. The molecule has 5 heteroatoms. The Labute approximate surface area is 95.3 Å². The van der Waals surface area contributed by atoms with Crippen molar-refractivity contribution in [2.45, 2.75) is 44.2 Å². The third kappa shape index (κ3) is 2.21. The maximum atomic E-state index is 11.5. The fourth-order valence-electron chi connectivity index (χ4n) is 2.58. The van der Waals surface area contributed by atoms with Gasteiger partial charge in [0.25, 0.3) is 0 Å². The van der Waals surface area contributed by atoms with Crippen LogP contribution in [0.4, 0.5) is 0 Å². The number of esters is 1. The van der Waals surface area contributed by atoms with Crippen LogP contribution in [-0.2, 0) is 14.4 Å². The third-order valence-corrected chi connectivity index (χ3v) is 3.30. The molecule has 0 unspecified atom stereocenters. The molecule has 0 bridgehead atoms. The normalized spacial score (nSPS) is 34.0. The summed E-state index contributed by atoms with van der Waals surface area (Å²) in [6.45, 7) is 2.92. The summed E-state index contributed by atoms with van der Waals surface area (Å²) in [5.74, 6) is -0.294. The lowest BCUT2D eigenvalue weighted by Crippen LogP contribution is -2.38. The minimum Gasteiger partial charge on any atom is -0.466 e. The van der Waals surface area contributed by atoms with Gasteiger partial charge in [-0.05, 0) is 26.2 Å². The fourth-order valence-corrected chi connectivity index (χ4v) is 2.58. The van der Waals surface area contributed by atoms with E-state index >= 15 is 0 Å². The van der Waals surface area contributed by atoms with E-state index in [1.54, 1.807) is 6.92 Å². The second kappa shape index (κ2) is 4.69. The number of carbonyl (C=O) groups excluding carboxylic acids is 1. The van der Waals surface area contributed by atoms with Crippen molar-refractivity contribution < 1.29 is 19.5 Å². The van der Waals surface area contributed by atoms with E-state index in [2.05, 4.69) is 0 Å². The summed E-state index contributed by atoms with van der Waals surface area (Å²) in [7, 11) is 0. The lowest BCUT2D eigenvalue weighted by Gasteiger charge is -2.25. The van der Waals surface area contributed by atoms with Crippen LogP contribution >= 0.6 is 0 Å². The molecule has 0 aromatic carbocycles. The Hall–Kier alpha value is -0.650. The molecule has 1 N–H and O–H groups in total. The molecule has 5 nitrogen and oxygen atoms in total. The molecular formula is C11H19NO4. The molecule has 2 rings (SSSR count). The average molecular weight is 229 g/mol. The van der Waals surface area contributed by atoms with E-state index in [1.165, 1.54) is 0 Å². The van der Waals surface area contributed by atoms with Gasteiger partial charge in [-0.1, -0.05) is 0 Å². The van der Waals surface area contributed by atoms with Crippen LogP contribution < -0.4 is 0 Å². The Morgan fingerprint density at radius 1 is 1.69 bits per heavy atom. The molecule has 2 aliphatic heterocycles. The monoisotopic (exact) mass is 229 g/mol. The van der Waals surface area contributed by atoms with E-state index in [1.807, 2.05) is 5.06 Å². The summed E-state index contributed by atoms with van der Waals surface area (Å²) in [6, 6.07) is 0.363. The van der Waals surface area contributed by atoms with Gasteiger partial charge in [-0.2, -0.15) is 5.06 Å². The number of hydrogen-bond donors (Lipinski definition) is 1. The highest BCUT2D eigenvalue weighted by Gasteiger charge is 2.48. The second-order valence-electron chi connectivity index (χ2n) is 4.56. The third-order valence-electron chi connectivity index (χ3n) is 3.30. The Balaban J connectivity index is 1.96. The number of fused-ring (bicyclic) bond motifs is 1. The van der Waals surface area contributed by atoms with E-state index in [4.69, 9.17) is 9.57 Å². The zero-order chi connectivity index (χ0) is 11.6. The summed E-state index contributed by atoms with van der Waals surface area (Å²) >= 11 is 0. The van der Waals surface area contributed by atoms with Gasteiger partial charge in [0.05, 0.1) is 19.6 Å². The number of hydrogen-bond acceptors (Lipinski definition) is 5. The highest BCUT2D eigenvalue weighted by atomic mass is 16.7. The van der Waals surface area contributed by atoms with Gasteiger partial charge in [-0.3, -0.25) is 9.63 Å². The summed E-state index contributed by atoms with van der Waals surface area (Å²) in [5, 5.41) is 11.3. The molecule has 0 radical (unpaired) electrons.